The molecule has 2 N–H and O–H groups in total. The molecule has 0 aliphatic rings. The normalized spacial score (nSPS) is 11.5. The minimum Gasteiger partial charge on any atom is -0.493 e. The van der Waals surface area contributed by atoms with Crippen LogP contribution < -0.4 is 20.3 Å². The van der Waals surface area contributed by atoms with E-state index in [1.54, 1.807) is 31.2 Å². The zero-order valence-electron chi connectivity index (χ0n) is 15.8. The van der Waals surface area contributed by atoms with Gasteiger partial charge >= 0.3 is 0 Å². The molecule has 6 heteroatoms. The van der Waals surface area contributed by atoms with Crippen LogP contribution in [0.3, 0.4) is 0 Å². The fraction of sp³-hybridized carbons (Fsp3) is 0.182. The molecule has 28 heavy (non-hydrogen) atoms. The van der Waals surface area contributed by atoms with Crippen LogP contribution in [0.2, 0.25) is 0 Å². The molecule has 6 nitrogen and oxygen atoms in total. The summed E-state index contributed by atoms with van der Waals surface area (Å²) in [6.45, 7) is 3.89. The van der Waals surface area contributed by atoms with E-state index in [1.807, 2.05) is 49.4 Å². The van der Waals surface area contributed by atoms with Gasteiger partial charge in [0.25, 0.3) is 11.8 Å². The Labute approximate surface area is 163 Å². The van der Waals surface area contributed by atoms with E-state index in [0.29, 0.717) is 23.7 Å². The molecule has 0 bridgehead atoms. The number of carbonyl (C=O) groups excluding carboxylic acids is 2. The Morgan fingerprint density at radius 1 is 0.929 bits per heavy atom. The number of carbonyl (C=O) groups is 2. The van der Waals surface area contributed by atoms with Gasteiger partial charge in [0.05, 0.1) is 12.2 Å². The van der Waals surface area contributed by atoms with Crippen molar-refractivity contribution in [3.05, 3.63) is 72.3 Å². The quantitative estimate of drug-likeness (QED) is 0.644. The molecule has 1 atom stereocenters. The first kappa shape index (κ1) is 19.2. The van der Waals surface area contributed by atoms with Crippen LogP contribution in [0.1, 0.15) is 24.2 Å². The highest BCUT2D eigenvalue weighted by molar-refractivity contribution is 5.98. The van der Waals surface area contributed by atoms with E-state index in [9.17, 15) is 9.59 Å². The molecular formula is C22H22N2O4. The van der Waals surface area contributed by atoms with E-state index in [-0.39, 0.29) is 0 Å². The molecule has 3 aromatic rings. The molecule has 0 saturated carbocycles. The third-order valence-electron chi connectivity index (χ3n) is 4.13. The van der Waals surface area contributed by atoms with E-state index < -0.39 is 17.9 Å². The lowest BCUT2D eigenvalue weighted by Gasteiger charge is -2.16. The van der Waals surface area contributed by atoms with Crippen LogP contribution in [-0.4, -0.2) is 24.5 Å². The van der Waals surface area contributed by atoms with Gasteiger partial charge in [-0.15, -0.1) is 0 Å². The maximum absolute atomic E-state index is 12.3. The van der Waals surface area contributed by atoms with E-state index in [1.165, 1.54) is 0 Å². The average molecular weight is 378 g/mol. The van der Waals surface area contributed by atoms with Crippen molar-refractivity contribution in [2.75, 3.05) is 6.61 Å². The molecule has 2 amide bonds. The van der Waals surface area contributed by atoms with Crippen LogP contribution in [0.25, 0.3) is 10.8 Å². The molecule has 0 heterocycles. The second-order valence-electron chi connectivity index (χ2n) is 6.14. The van der Waals surface area contributed by atoms with Crippen LogP contribution in [0, 0.1) is 0 Å². The van der Waals surface area contributed by atoms with E-state index in [2.05, 4.69) is 10.9 Å². The van der Waals surface area contributed by atoms with Crippen molar-refractivity contribution in [3.63, 3.8) is 0 Å². The van der Waals surface area contributed by atoms with Crippen molar-refractivity contribution in [3.8, 4) is 11.5 Å². The molecule has 0 aliphatic carbocycles. The highest BCUT2D eigenvalue weighted by Crippen LogP contribution is 2.21. The number of hydrogen-bond acceptors (Lipinski definition) is 4. The van der Waals surface area contributed by atoms with Gasteiger partial charge in [-0.05, 0) is 48.9 Å². The number of fused-ring (bicyclic) bond motifs is 1. The molecule has 0 fully saturated rings. The second-order valence-corrected chi connectivity index (χ2v) is 6.14. The highest BCUT2D eigenvalue weighted by Gasteiger charge is 2.17. The molecule has 0 aliphatic heterocycles. The van der Waals surface area contributed by atoms with Gasteiger partial charge in [-0.2, -0.15) is 0 Å². The molecule has 0 spiro atoms. The van der Waals surface area contributed by atoms with Gasteiger partial charge in [-0.25, -0.2) is 0 Å². The Balaban J connectivity index is 1.58. The summed E-state index contributed by atoms with van der Waals surface area (Å²) in [5.74, 6) is 0.109. The van der Waals surface area contributed by atoms with Gasteiger partial charge in [-0.1, -0.05) is 42.5 Å². The third-order valence-corrected chi connectivity index (χ3v) is 4.13. The summed E-state index contributed by atoms with van der Waals surface area (Å²) in [6.07, 6.45) is -0.788. The van der Waals surface area contributed by atoms with E-state index in [0.717, 1.165) is 10.8 Å². The SMILES string of the molecule is CCOc1ccccc1C(=O)NNC(=O)[C@H](C)Oc1ccc2ccccc2c1. The largest absolute Gasteiger partial charge is 0.493 e. The van der Waals surface area contributed by atoms with Crippen molar-refractivity contribution in [2.45, 2.75) is 20.0 Å². The Morgan fingerprint density at radius 3 is 2.43 bits per heavy atom. The van der Waals surface area contributed by atoms with Crippen LogP contribution in [0.15, 0.2) is 66.7 Å². The third kappa shape index (κ3) is 4.59. The van der Waals surface area contributed by atoms with E-state index >= 15 is 0 Å². The lowest BCUT2D eigenvalue weighted by molar-refractivity contribution is -0.128. The first-order valence-electron chi connectivity index (χ1n) is 9.06. The molecule has 0 radical (unpaired) electrons. The van der Waals surface area contributed by atoms with Crippen molar-refractivity contribution in [1.29, 1.82) is 0 Å². The molecule has 0 saturated heterocycles. The summed E-state index contributed by atoms with van der Waals surface area (Å²) in [6, 6.07) is 20.3. The lowest BCUT2D eigenvalue weighted by atomic mass is 10.1. The number of hydrazine groups is 1. The summed E-state index contributed by atoms with van der Waals surface area (Å²) in [5, 5.41) is 2.11. The fourth-order valence-electron chi connectivity index (χ4n) is 2.72. The summed E-state index contributed by atoms with van der Waals surface area (Å²) >= 11 is 0. The number of rotatable bonds is 6. The minimum atomic E-state index is -0.788. The van der Waals surface area contributed by atoms with Gasteiger partial charge in [0.15, 0.2) is 6.10 Å². The Morgan fingerprint density at radius 2 is 1.64 bits per heavy atom. The highest BCUT2D eigenvalue weighted by atomic mass is 16.5. The molecule has 3 aromatic carbocycles. The van der Waals surface area contributed by atoms with Gasteiger partial charge < -0.3 is 9.47 Å². The number of para-hydroxylation sites is 1. The number of nitrogens with one attached hydrogen (secondary N) is 2. The van der Waals surface area contributed by atoms with Gasteiger partial charge in [0.1, 0.15) is 11.5 Å². The van der Waals surface area contributed by atoms with Gasteiger partial charge in [0, 0.05) is 0 Å². The Hall–Kier alpha value is -3.54. The Bertz CT molecular complexity index is 987. The number of benzene rings is 3. The van der Waals surface area contributed by atoms with Gasteiger partial charge in [0.2, 0.25) is 0 Å². The maximum atomic E-state index is 12.3. The van der Waals surface area contributed by atoms with Crippen molar-refractivity contribution in [2.24, 2.45) is 0 Å². The predicted octanol–water partition coefficient (Wildman–Crippen LogP) is 3.47. The molecule has 0 unspecified atom stereocenters. The van der Waals surface area contributed by atoms with Crippen molar-refractivity contribution < 1.29 is 19.1 Å². The van der Waals surface area contributed by atoms with Crippen molar-refractivity contribution in [1.82, 2.24) is 10.9 Å². The second kappa shape index (κ2) is 8.90. The minimum absolute atomic E-state index is 0.341. The molecule has 144 valence electrons. The molecule has 3 rings (SSSR count). The van der Waals surface area contributed by atoms with E-state index in [4.69, 9.17) is 9.47 Å². The fourth-order valence-corrected chi connectivity index (χ4v) is 2.72. The lowest BCUT2D eigenvalue weighted by Crippen LogP contribution is -2.47. The first-order chi connectivity index (χ1) is 13.6. The zero-order valence-corrected chi connectivity index (χ0v) is 15.8. The van der Waals surface area contributed by atoms with Crippen LogP contribution in [0.5, 0.6) is 11.5 Å². The van der Waals surface area contributed by atoms with Crippen LogP contribution in [-0.2, 0) is 4.79 Å². The molecule has 0 aromatic heterocycles. The van der Waals surface area contributed by atoms with Crippen molar-refractivity contribution >= 4 is 22.6 Å². The predicted molar refractivity (Wildman–Crippen MR) is 107 cm³/mol. The zero-order chi connectivity index (χ0) is 19.9. The van der Waals surface area contributed by atoms with Crippen LogP contribution >= 0.6 is 0 Å². The summed E-state index contributed by atoms with van der Waals surface area (Å²) in [5.41, 5.74) is 5.12. The van der Waals surface area contributed by atoms with Gasteiger partial charge in [-0.3, -0.25) is 20.4 Å². The summed E-state index contributed by atoms with van der Waals surface area (Å²) in [4.78, 5) is 24.6. The summed E-state index contributed by atoms with van der Waals surface area (Å²) in [7, 11) is 0. The Kier molecular flexibility index (Phi) is 6.11. The number of amides is 2. The monoisotopic (exact) mass is 378 g/mol. The first-order valence-corrected chi connectivity index (χ1v) is 9.06. The standard InChI is InChI=1S/C22H22N2O4/c1-3-27-20-11-7-6-10-19(20)22(26)24-23-21(25)15(2)28-18-13-12-16-8-4-5-9-17(16)14-18/h4-15H,3H2,1-2H3,(H,23,25)(H,24,26)/t15-/m0/s1. The molecular weight excluding hydrogens is 356 g/mol. The number of hydrogen-bond donors (Lipinski definition) is 2. The maximum Gasteiger partial charge on any atom is 0.279 e. The smallest absolute Gasteiger partial charge is 0.279 e. The number of ether oxygens (including phenoxy) is 2. The van der Waals surface area contributed by atoms with Crippen LogP contribution in [0.4, 0.5) is 0 Å². The summed E-state index contributed by atoms with van der Waals surface area (Å²) < 4.78 is 11.1. The average Bonchev–Trinajstić information content (AvgIpc) is 2.72. The topological polar surface area (TPSA) is 76.7 Å².